The van der Waals surface area contributed by atoms with Gasteiger partial charge in [-0.25, -0.2) is 4.79 Å². The van der Waals surface area contributed by atoms with Gasteiger partial charge in [0.15, 0.2) is 0 Å². The van der Waals surface area contributed by atoms with Crippen LogP contribution in [-0.4, -0.2) is 28.4 Å². The van der Waals surface area contributed by atoms with Crippen LogP contribution < -0.4 is 0 Å². The van der Waals surface area contributed by atoms with Gasteiger partial charge in [0, 0.05) is 25.1 Å². The average Bonchev–Trinajstić information content (AvgIpc) is 2.85. The molecule has 5 nitrogen and oxygen atoms in total. The number of hydrogen-bond donors (Lipinski definition) is 1. The molecular formula is C14H19NO4. The summed E-state index contributed by atoms with van der Waals surface area (Å²) in [5.41, 5.74) is 0.780. The third kappa shape index (κ3) is 2.97. The molecule has 1 N–H and O–H groups in total. The molecule has 0 spiro atoms. The Morgan fingerprint density at radius 3 is 2.89 bits per heavy atom. The fourth-order valence-electron chi connectivity index (χ4n) is 2.60. The van der Waals surface area contributed by atoms with E-state index in [-0.39, 0.29) is 11.7 Å². The van der Waals surface area contributed by atoms with Crippen molar-refractivity contribution in [2.45, 2.75) is 39.7 Å². The summed E-state index contributed by atoms with van der Waals surface area (Å²) in [6.07, 6.45) is 2.75. The van der Waals surface area contributed by atoms with Gasteiger partial charge in [-0.3, -0.25) is 4.79 Å². The highest BCUT2D eigenvalue weighted by atomic mass is 16.4. The van der Waals surface area contributed by atoms with Crippen LogP contribution in [0, 0.1) is 12.8 Å². The molecule has 0 saturated carbocycles. The van der Waals surface area contributed by atoms with E-state index in [4.69, 9.17) is 9.52 Å². The van der Waals surface area contributed by atoms with Crippen molar-refractivity contribution in [3.63, 3.8) is 0 Å². The molecule has 1 aromatic heterocycles. The molecule has 1 aliphatic heterocycles. The Kier molecular flexibility index (Phi) is 3.93. The van der Waals surface area contributed by atoms with E-state index in [0.29, 0.717) is 24.6 Å². The van der Waals surface area contributed by atoms with Gasteiger partial charge in [-0.05, 0) is 25.3 Å². The van der Waals surface area contributed by atoms with Gasteiger partial charge >= 0.3 is 5.97 Å². The minimum atomic E-state index is -1.08. The lowest BCUT2D eigenvalue weighted by Crippen LogP contribution is -2.24. The monoisotopic (exact) mass is 265 g/mol. The number of amides is 1. The normalized spacial score (nSPS) is 19.2. The van der Waals surface area contributed by atoms with Gasteiger partial charge in [0.1, 0.15) is 5.76 Å². The number of carbonyl (C=O) groups excluding carboxylic acids is 1. The molecule has 1 saturated heterocycles. The Morgan fingerprint density at radius 1 is 1.58 bits per heavy atom. The van der Waals surface area contributed by atoms with Gasteiger partial charge in [-0.1, -0.05) is 13.3 Å². The van der Waals surface area contributed by atoms with Crippen LogP contribution in [0.3, 0.4) is 0 Å². The molecule has 1 aliphatic rings. The number of aryl methyl sites for hydroxylation is 1. The number of aromatic carboxylic acids is 1. The molecule has 19 heavy (non-hydrogen) atoms. The van der Waals surface area contributed by atoms with Crippen molar-refractivity contribution in [3.05, 3.63) is 23.2 Å². The molecule has 1 unspecified atom stereocenters. The second kappa shape index (κ2) is 5.47. The highest BCUT2D eigenvalue weighted by Crippen LogP contribution is 2.25. The van der Waals surface area contributed by atoms with Crippen LogP contribution >= 0.6 is 0 Å². The van der Waals surface area contributed by atoms with Crippen LogP contribution in [0.25, 0.3) is 0 Å². The molecule has 2 rings (SSSR count). The van der Waals surface area contributed by atoms with Crippen LogP contribution in [0.2, 0.25) is 0 Å². The third-order valence-electron chi connectivity index (χ3n) is 3.58. The summed E-state index contributed by atoms with van der Waals surface area (Å²) >= 11 is 0. The molecule has 0 bridgehead atoms. The molecule has 0 radical (unpaired) electrons. The predicted octanol–water partition coefficient (Wildman–Crippen LogP) is 2.43. The molecule has 2 heterocycles. The summed E-state index contributed by atoms with van der Waals surface area (Å²) in [6.45, 7) is 5.06. The minimum absolute atomic E-state index is 0.0655. The highest BCUT2D eigenvalue weighted by molar-refractivity contribution is 5.84. The van der Waals surface area contributed by atoms with Gasteiger partial charge < -0.3 is 14.4 Å². The van der Waals surface area contributed by atoms with E-state index in [1.165, 1.54) is 6.07 Å². The molecule has 1 fully saturated rings. The first-order valence-corrected chi connectivity index (χ1v) is 6.61. The Morgan fingerprint density at radius 2 is 2.32 bits per heavy atom. The Hall–Kier alpha value is -1.78. The minimum Gasteiger partial charge on any atom is -0.475 e. The quantitative estimate of drug-likeness (QED) is 0.887. The van der Waals surface area contributed by atoms with Gasteiger partial charge in [0.05, 0.1) is 0 Å². The number of likely N-dealkylation sites (tertiary alicyclic amines) is 1. The molecule has 0 aliphatic carbocycles. The van der Waals surface area contributed by atoms with E-state index in [0.717, 1.165) is 24.9 Å². The van der Waals surface area contributed by atoms with Crippen molar-refractivity contribution in [2.75, 3.05) is 6.54 Å². The maximum Gasteiger partial charge on any atom is 0.371 e. The van der Waals surface area contributed by atoms with Crippen molar-refractivity contribution in [3.8, 4) is 0 Å². The fourth-order valence-corrected chi connectivity index (χ4v) is 2.60. The van der Waals surface area contributed by atoms with Crippen LogP contribution in [-0.2, 0) is 11.3 Å². The summed E-state index contributed by atoms with van der Waals surface area (Å²) in [4.78, 5) is 24.5. The average molecular weight is 265 g/mol. The largest absolute Gasteiger partial charge is 0.475 e. The van der Waals surface area contributed by atoms with E-state index in [1.54, 1.807) is 11.8 Å². The lowest BCUT2D eigenvalue weighted by Gasteiger charge is -2.15. The lowest BCUT2D eigenvalue weighted by molar-refractivity contribution is -0.128. The zero-order valence-corrected chi connectivity index (χ0v) is 11.3. The van der Waals surface area contributed by atoms with Gasteiger partial charge in [0.25, 0.3) is 0 Å². The van der Waals surface area contributed by atoms with Gasteiger partial charge in [-0.2, -0.15) is 0 Å². The fraction of sp³-hybridized carbons (Fsp3) is 0.571. The first-order chi connectivity index (χ1) is 9.01. The van der Waals surface area contributed by atoms with Crippen molar-refractivity contribution in [1.82, 2.24) is 4.90 Å². The second-order valence-corrected chi connectivity index (χ2v) is 5.13. The number of rotatable bonds is 5. The first-order valence-electron chi connectivity index (χ1n) is 6.61. The molecule has 104 valence electrons. The molecular weight excluding hydrogens is 246 g/mol. The van der Waals surface area contributed by atoms with Crippen LogP contribution in [0.15, 0.2) is 10.5 Å². The number of furan rings is 1. The smallest absolute Gasteiger partial charge is 0.371 e. The predicted molar refractivity (Wildman–Crippen MR) is 68.8 cm³/mol. The second-order valence-electron chi connectivity index (χ2n) is 5.13. The lowest BCUT2D eigenvalue weighted by atomic mass is 10.0. The Bertz CT molecular complexity index is 492. The van der Waals surface area contributed by atoms with E-state index >= 15 is 0 Å². The third-order valence-corrected chi connectivity index (χ3v) is 3.58. The van der Waals surface area contributed by atoms with Crippen molar-refractivity contribution in [2.24, 2.45) is 5.92 Å². The Labute approximate surface area is 112 Å². The zero-order valence-electron chi connectivity index (χ0n) is 11.3. The molecule has 1 atom stereocenters. The van der Waals surface area contributed by atoms with Gasteiger partial charge in [-0.15, -0.1) is 0 Å². The standard InChI is InChI=1S/C14H19NO4/c1-3-4-10-5-13(16)15(7-10)8-11-6-12(14(17)18)19-9(11)2/h6,10H,3-5,7-8H2,1-2H3,(H,17,18). The van der Waals surface area contributed by atoms with Crippen LogP contribution in [0.5, 0.6) is 0 Å². The maximum absolute atomic E-state index is 11.9. The molecule has 5 heteroatoms. The summed E-state index contributed by atoms with van der Waals surface area (Å²) in [5.74, 6) is 0.0129. The number of carboxylic acids is 1. The van der Waals surface area contributed by atoms with E-state index in [2.05, 4.69) is 6.92 Å². The van der Waals surface area contributed by atoms with E-state index in [9.17, 15) is 9.59 Å². The summed E-state index contributed by atoms with van der Waals surface area (Å²) < 4.78 is 5.16. The van der Waals surface area contributed by atoms with Crippen molar-refractivity contribution in [1.29, 1.82) is 0 Å². The van der Waals surface area contributed by atoms with Crippen LogP contribution in [0.1, 0.15) is 48.1 Å². The van der Waals surface area contributed by atoms with Gasteiger partial charge in [0.2, 0.25) is 11.7 Å². The summed E-state index contributed by atoms with van der Waals surface area (Å²) in [7, 11) is 0. The zero-order chi connectivity index (χ0) is 14.0. The van der Waals surface area contributed by atoms with Crippen LogP contribution in [0.4, 0.5) is 0 Å². The summed E-state index contributed by atoms with van der Waals surface area (Å²) in [6, 6.07) is 1.51. The number of carbonyl (C=O) groups is 2. The summed E-state index contributed by atoms with van der Waals surface area (Å²) in [5, 5.41) is 8.87. The van der Waals surface area contributed by atoms with E-state index < -0.39 is 5.97 Å². The van der Waals surface area contributed by atoms with Crippen molar-refractivity contribution < 1.29 is 19.1 Å². The molecule has 1 aromatic rings. The van der Waals surface area contributed by atoms with Crippen molar-refractivity contribution >= 4 is 11.9 Å². The SMILES string of the molecule is CCCC1CC(=O)N(Cc2cc(C(=O)O)oc2C)C1. The number of carboxylic acid groups (broad SMARTS) is 1. The van der Waals surface area contributed by atoms with E-state index in [1.807, 2.05) is 0 Å². The topological polar surface area (TPSA) is 70.8 Å². The molecule has 0 aromatic carbocycles. The maximum atomic E-state index is 11.9. The highest BCUT2D eigenvalue weighted by Gasteiger charge is 2.29. The Balaban J connectivity index is 2.05. The first kappa shape index (κ1) is 13.6. The number of hydrogen-bond acceptors (Lipinski definition) is 3. The molecule has 1 amide bonds. The number of nitrogens with zero attached hydrogens (tertiary/aromatic N) is 1.